The van der Waals surface area contributed by atoms with Crippen LogP contribution in [-0.2, 0) is 34.5 Å². The molecule has 1 amide bonds. The number of rotatable bonds is 5. The number of hydrogen-bond donors (Lipinski definition) is 3. The van der Waals surface area contributed by atoms with Gasteiger partial charge in [0.2, 0.25) is 15.9 Å². The molecule has 1 aromatic carbocycles. The van der Waals surface area contributed by atoms with Crippen molar-refractivity contribution in [1.29, 1.82) is 0 Å². The van der Waals surface area contributed by atoms with Gasteiger partial charge in [-0.2, -0.15) is 0 Å². The van der Waals surface area contributed by atoms with E-state index in [2.05, 4.69) is 27.5 Å². The van der Waals surface area contributed by atoms with Crippen LogP contribution < -0.4 is 15.4 Å². The molecule has 0 aromatic heterocycles. The van der Waals surface area contributed by atoms with Crippen LogP contribution in [0, 0.1) is 0 Å². The first-order chi connectivity index (χ1) is 9.67. The third-order valence-electron chi connectivity index (χ3n) is 3.36. The maximum Gasteiger partial charge on any atom is 0.240 e. The smallest absolute Gasteiger partial charge is 0.240 e. The highest BCUT2D eigenvalue weighted by atomic mass is 32.2. The molecule has 2 rings (SSSR count). The zero-order valence-electron chi connectivity index (χ0n) is 12.5. The molecule has 0 bridgehead atoms. The Balaban J connectivity index is 1.98. The largest absolute Gasteiger partial charge is 0.350 e. The Kier molecular flexibility index (Phi) is 4.36. The van der Waals surface area contributed by atoms with E-state index in [0.717, 1.165) is 24.9 Å². The molecular formula is C14H21N3O3S. The number of carbonyl (C=O) groups excluding carboxylic acids is 1. The first-order valence-corrected chi connectivity index (χ1v) is 8.65. The second-order valence-electron chi connectivity index (χ2n) is 5.89. The monoisotopic (exact) mass is 311 g/mol. The van der Waals surface area contributed by atoms with Crippen LogP contribution in [0.1, 0.15) is 30.5 Å². The van der Waals surface area contributed by atoms with E-state index in [1.54, 1.807) is 0 Å². The third-order valence-corrected chi connectivity index (χ3v) is 4.24. The maximum atomic E-state index is 12.1. The van der Waals surface area contributed by atoms with E-state index in [-0.39, 0.29) is 5.91 Å². The Hall–Kier alpha value is -1.44. The summed E-state index contributed by atoms with van der Waals surface area (Å²) in [5, 5.41) is 6.03. The van der Waals surface area contributed by atoms with Gasteiger partial charge in [0.05, 0.1) is 6.26 Å². The Morgan fingerprint density at radius 2 is 1.95 bits per heavy atom. The van der Waals surface area contributed by atoms with Crippen molar-refractivity contribution in [2.24, 2.45) is 0 Å². The Morgan fingerprint density at radius 1 is 1.29 bits per heavy atom. The molecule has 1 aliphatic heterocycles. The van der Waals surface area contributed by atoms with Gasteiger partial charge in [-0.15, -0.1) is 0 Å². The number of fused-ring (bicyclic) bond motifs is 1. The maximum absolute atomic E-state index is 12.1. The van der Waals surface area contributed by atoms with Gasteiger partial charge in [0.1, 0.15) is 5.54 Å². The van der Waals surface area contributed by atoms with Crippen LogP contribution in [0.3, 0.4) is 0 Å². The van der Waals surface area contributed by atoms with Gasteiger partial charge in [-0.05, 0) is 30.5 Å². The fourth-order valence-electron chi connectivity index (χ4n) is 2.37. The normalized spacial score (nSPS) is 14.8. The summed E-state index contributed by atoms with van der Waals surface area (Å²) in [6.45, 7) is 5.18. The molecule has 1 heterocycles. The lowest BCUT2D eigenvalue weighted by molar-refractivity contribution is -0.125. The van der Waals surface area contributed by atoms with Crippen LogP contribution in [-0.4, -0.2) is 26.1 Å². The van der Waals surface area contributed by atoms with Crippen molar-refractivity contribution in [2.45, 2.75) is 39.0 Å². The van der Waals surface area contributed by atoms with Crippen molar-refractivity contribution < 1.29 is 13.2 Å². The van der Waals surface area contributed by atoms with E-state index in [9.17, 15) is 13.2 Å². The molecule has 0 aliphatic carbocycles. The molecule has 0 fully saturated rings. The molecular weight excluding hydrogens is 290 g/mol. The summed E-state index contributed by atoms with van der Waals surface area (Å²) in [6, 6.07) is 6.09. The van der Waals surface area contributed by atoms with E-state index in [0.29, 0.717) is 6.54 Å². The lowest BCUT2D eigenvalue weighted by atomic mass is 10.0. The third kappa shape index (κ3) is 4.26. The number of sulfonamides is 1. The Morgan fingerprint density at radius 3 is 2.62 bits per heavy atom. The summed E-state index contributed by atoms with van der Waals surface area (Å²) in [5.41, 5.74) is 2.35. The zero-order valence-corrected chi connectivity index (χ0v) is 13.3. The number of hydrogen-bond acceptors (Lipinski definition) is 4. The van der Waals surface area contributed by atoms with Gasteiger partial charge in [0, 0.05) is 19.6 Å². The average Bonchev–Trinajstić information content (AvgIpc) is 2.80. The van der Waals surface area contributed by atoms with E-state index in [4.69, 9.17) is 0 Å². The molecule has 0 saturated heterocycles. The average molecular weight is 311 g/mol. The Bertz CT molecular complexity index is 653. The summed E-state index contributed by atoms with van der Waals surface area (Å²) in [4.78, 5) is 12.1. The quantitative estimate of drug-likeness (QED) is 0.727. The molecule has 21 heavy (non-hydrogen) atoms. The molecule has 7 heteroatoms. The van der Waals surface area contributed by atoms with Gasteiger partial charge in [-0.1, -0.05) is 18.2 Å². The minimum atomic E-state index is -3.44. The highest BCUT2D eigenvalue weighted by Crippen LogP contribution is 2.17. The van der Waals surface area contributed by atoms with Gasteiger partial charge >= 0.3 is 0 Å². The fourth-order valence-corrected chi connectivity index (χ4v) is 3.39. The summed E-state index contributed by atoms with van der Waals surface area (Å²) in [6.07, 6.45) is 1.04. The van der Waals surface area contributed by atoms with Gasteiger partial charge in [-0.3, -0.25) is 4.79 Å². The molecule has 0 spiro atoms. The number of nitrogens with one attached hydrogen (secondary N) is 3. The van der Waals surface area contributed by atoms with Crippen molar-refractivity contribution in [2.75, 3.05) is 6.26 Å². The van der Waals surface area contributed by atoms with Crippen LogP contribution >= 0.6 is 0 Å². The number of benzene rings is 1. The summed E-state index contributed by atoms with van der Waals surface area (Å²) < 4.78 is 24.8. The highest BCUT2D eigenvalue weighted by Gasteiger charge is 2.30. The highest BCUT2D eigenvalue weighted by molar-refractivity contribution is 7.88. The molecule has 116 valence electrons. The molecule has 0 unspecified atom stereocenters. The lowest BCUT2D eigenvalue weighted by Crippen LogP contribution is -2.54. The molecule has 1 aromatic rings. The lowest BCUT2D eigenvalue weighted by Gasteiger charge is -2.23. The first kappa shape index (κ1) is 15.9. The summed E-state index contributed by atoms with van der Waals surface area (Å²) in [7, 11) is -3.44. The van der Waals surface area contributed by atoms with Crippen molar-refractivity contribution in [3.8, 4) is 0 Å². The molecule has 3 N–H and O–H groups in total. The van der Waals surface area contributed by atoms with Crippen molar-refractivity contribution in [3.05, 3.63) is 34.9 Å². The molecule has 6 nitrogen and oxygen atoms in total. The van der Waals surface area contributed by atoms with Crippen molar-refractivity contribution >= 4 is 15.9 Å². The summed E-state index contributed by atoms with van der Waals surface area (Å²) >= 11 is 0. The van der Waals surface area contributed by atoms with Gasteiger partial charge in [-0.25, -0.2) is 13.1 Å². The van der Waals surface area contributed by atoms with Crippen LogP contribution in [0.25, 0.3) is 0 Å². The van der Waals surface area contributed by atoms with Gasteiger partial charge in [0.25, 0.3) is 0 Å². The summed E-state index contributed by atoms with van der Waals surface area (Å²) in [5.74, 6) is -0.355. The van der Waals surface area contributed by atoms with Crippen LogP contribution in [0.4, 0.5) is 0 Å². The van der Waals surface area contributed by atoms with Crippen molar-refractivity contribution in [1.82, 2.24) is 15.4 Å². The van der Waals surface area contributed by atoms with Crippen LogP contribution in [0.15, 0.2) is 18.2 Å². The molecule has 0 saturated carbocycles. The Labute approximate surface area is 125 Å². The fraction of sp³-hybridized carbons (Fsp3) is 0.500. The SMILES string of the molecule is CC(C)(NS(C)(=O)=O)C(=O)NCc1ccc2c(c1)CNC2. The van der Waals surface area contributed by atoms with Crippen LogP contribution in [0.5, 0.6) is 0 Å². The standard InChI is InChI=1S/C14H21N3O3S/c1-14(2,17-21(3,19)20)13(18)16-7-10-4-5-11-8-15-9-12(11)6-10/h4-6,15,17H,7-9H2,1-3H3,(H,16,18). The van der Waals surface area contributed by atoms with Gasteiger partial charge < -0.3 is 10.6 Å². The molecule has 0 atom stereocenters. The van der Waals surface area contributed by atoms with Crippen molar-refractivity contribution in [3.63, 3.8) is 0 Å². The van der Waals surface area contributed by atoms with E-state index < -0.39 is 15.6 Å². The zero-order chi connectivity index (χ0) is 15.7. The number of amides is 1. The minimum absolute atomic E-state index is 0.355. The van der Waals surface area contributed by atoms with Gasteiger partial charge in [0.15, 0.2) is 0 Å². The first-order valence-electron chi connectivity index (χ1n) is 6.76. The minimum Gasteiger partial charge on any atom is -0.350 e. The van der Waals surface area contributed by atoms with E-state index in [1.807, 2.05) is 6.07 Å². The van der Waals surface area contributed by atoms with E-state index in [1.165, 1.54) is 25.0 Å². The second-order valence-corrected chi connectivity index (χ2v) is 7.64. The topological polar surface area (TPSA) is 87.3 Å². The predicted molar refractivity (Wildman–Crippen MR) is 80.9 cm³/mol. The van der Waals surface area contributed by atoms with E-state index >= 15 is 0 Å². The number of carbonyl (C=O) groups is 1. The molecule has 1 aliphatic rings. The predicted octanol–water partition coefficient (Wildman–Crippen LogP) is 0.234. The molecule has 0 radical (unpaired) electrons. The second kappa shape index (κ2) is 5.75. The van der Waals surface area contributed by atoms with Crippen LogP contribution in [0.2, 0.25) is 0 Å².